The Balaban J connectivity index is 2.70. The van der Waals surface area contributed by atoms with Crippen molar-refractivity contribution in [2.75, 3.05) is 0 Å². The molecule has 5 nitrogen and oxygen atoms in total. The number of aldehydes is 1. The number of amides is 1. The van der Waals surface area contributed by atoms with Crippen molar-refractivity contribution >= 4 is 12.4 Å². The minimum atomic E-state index is -0.561. The van der Waals surface area contributed by atoms with Crippen LogP contribution in [0, 0.1) is 0 Å². The third-order valence-corrected chi connectivity index (χ3v) is 2.13. The lowest BCUT2D eigenvalue weighted by molar-refractivity contribution is -0.108. The average molecular weight is 250 g/mol. The first-order valence-corrected chi connectivity index (χ1v) is 5.75. The van der Waals surface area contributed by atoms with Gasteiger partial charge in [0.15, 0.2) is 0 Å². The molecule has 0 saturated heterocycles. The Kier molecular flexibility index (Phi) is 4.83. The van der Waals surface area contributed by atoms with E-state index in [4.69, 9.17) is 4.74 Å². The van der Waals surface area contributed by atoms with E-state index in [1.807, 2.05) is 0 Å². The Morgan fingerprint density at radius 3 is 2.56 bits per heavy atom. The predicted molar refractivity (Wildman–Crippen MR) is 67.0 cm³/mol. The lowest BCUT2D eigenvalue weighted by Crippen LogP contribution is -2.35. The third-order valence-electron chi connectivity index (χ3n) is 2.13. The summed E-state index contributed by atoms with van der Waals surface area (Å²) in [6, 6.07) is 3.12. The first kappa shape index (κ1) is 14.2. The molecule has 0 radical (unpaired) electrons. The van der Waals surface area contributed by atoms with Crippen LogP contribution in [-0.4, -0.2) is 23.0 Å². The summed E-state index contributed by atoms with van der Waals surface area (Å²) < 4.78 is 5.15. The van der Waals surface area contributed by atoms with Crippen molar-refractivity contribution in [3.05, 3.63) is 30.1 Å². The van der Waals surface area contributed by atoms with Crippen LogP contribution in [0.15, 0.2) is 24.5 Å². The van der Waals surface area contributed by atoms with Crippen LogP contribution in [0.25, 0.3) is 0 Å². The van der Waals surface area contributed by atoms with Gasteiger partial charge in [0.25, 0.3) is 0 Å². The third kappa shape index (κ3) is 4.95. The number of carbonyl (C=O) groups excluding carboxylic acids is 2. The number of nitrogens with zero attached hydrogens (tertiary/aromatic N) is 1. The summed E-state index contributed by atoms with van der Waals surface area (Å²) in [7, 11) is 0. The van der Waals surface area contributed by atoms with E-state index in [-0.39, 0.29) is 12.5 Å². The number of hydrogen-bond donors (Lipinski definition) is 1. The van der Waals surface area contributed by atoms with Gasteiger partial charge in [0.2, 0.25) is 0 Å². The Morgan fingerprint density at radius 1 is 1.44 bits per heavy atom. The summed E-state index contributed by atoms with van der Waals surface area (Å²) >= 11 is 0. The molecular weight excluding hydrogens is 232 g/mol. The van der Waals surface area contributed by atoms with Gasteiger partial charge in [0, 0.05) is 18.8 Å². The molecule has 0 aliphatic rings. The second-order valence-corrected chi connectivity index (χ2v) is 4.88. The summed E-state index contributed by atoms with van der Waals surface area (Å²) in [5, 5.41) is 2.67. The van der Waals surface area contributed by atoms with E-state index in [9.17, 15) is 9.59 Å². The van der Waals surface area contributed by atoms with E-state index >= 15 is 0 Å². The zero-order valence-corrected chi connectivity index (χ0v) is 10.8. The lowest BCUT2D eigenvalue weighted by atomic mass is 10.1. The topological polar surface area (TPSA) is 68.3 Å². The van der Waals surface area contributed by atoms with Gasteiger partial charge in [0.1, 0.15) is 11.9 Å². The molecule has 0 saturated carbocycles. The predicted octanol–water partition coefficient (Wildman–Crippen LogP) is 2.24. The van der Waals surface area contributed by atoms with Gasteiger partial charge in [-0.1, -0.05) is 0 Å². The maximum atomic E-state index is 11.7. The number of carbonyl (C=O) groups is 2. The van der Waals surface area contributed by atoms with Crippen LogP contribution >= 0.6 is 0 Å². The molecule has 0 unspecified atom stereocenters. The standard InChI is InChI=1S/C13H18N2O3/c1-13(2,3)18-12(17)15-11(6-9-16)10-4-7-14-8-5-10/h4-5,7-9,11H,6H2,1-3H3,(H,15,17)/t11-/m1/s1. The van der Waals surface area contributed by atoms with Gasteiger partial charge in [-0.15, -0.1) is 0 Å². The highest BCUT2D eigenvalue weighted by Crippen LogP contribution is 2.16. The van der Waals surface area contributed by atoms with E-state index < -0.39 is 11.7 Å². The molecule has 1 rings (SSSR count). The van der Waals surface area contributed by atoms with Crippen LogP contribution < -0.4 is 5.32 Å². The normalized spacial score (nSPS) is 12.6. The van der Waals surface area contributed by atoms with E-state index in [2.05, 4.69) is 10.3 Å². The first-order chi connectivity index (χ1) is 8.42. The van der Waals surface area contributed by atoms with Gasteiger partial charge in [-0.2, -0.15) is 0 Å². The Morgan fingerprint density at radius 2 is 2.06 bits per heavy atom. The van der Waals surface area contributed by atoms with Gasteiger partial charge in [-0.25, -0.2) is 4.79 Å². The first-order valence-electron chi connectivity index (χ1n) is 5.75. The minimum absolute atomic E-state index is 0.198. The van der Waals surface area contributed by atoms with Gasteiger partial charge < -0.3 is 14.8 Å². The van der Waals surface area contributed by atoms with Crippen LogP contribution in [0.4, 0.5) is 4.79 Å². The monoisotopic (exact) mass is 250 g/mol. The number of ether oxygens (including phenoxy) is 1. The van der Waals surface area contributed by atoms with Crippen LogP contribution in [0.2, 0.25) is 0 Å². The summed E-state index contributed by atoms with van der Waals surface area (Å²) in [6.07, 6.45) is 3.66. The molecule has 98 valence electrons. The molecule has 1 heterocycles. The molecule has 0 aliphatic carbocycles. The van der Waals surface area contributed by atoms with Gasteiger partial charge >= 0.3 is 6.09 Å². The van der Waals surface area contributed by atoms with Crippen molar-refractivity contribution in [1.29, 1.82) is 0 Å². The van der Waals surface area contributed by atoms with E-state index in [1.54, 1.807) is 45.3 Å². The van der Waals surface area contributed by atoms with Crippen molar-refractivity contribution in [1.82, 2.24) is 10.3 Å². The van der Waals surface area contributed by atoms with Gasteiger partial charge in [0.05, 0.1) is 6.04 Å². The number of nitrogens with one attached hydrogen (secondary N) is 1. The van der Waals surface area contributed by atoms with Crippen LogP contribution in [0.1, 0.15) is 38.8 Å². The molecule has 1 atom stereocenters. The second kappa shape index (κ2) is 6.14. The average Bonchev–Trinajstić information content (AvgIpc) is 2.27. The fourth-order valence-electron chi connectivity index (χ4n) is 1.42. The number of pyridine rings is 1. The van der Waals surface area contributed by atoms with E-state index in [0.29, 0.717) is 0 Å². The SMILES string of the molecule is CC(C)(C)OC(=O)N[C@H](CC=O)c1ccncc1. The summed E-state index contributed by atoms with van der Waals surface area (Å²) in [5.74, 6) is 0. The maximum absolute atomic E-state index is 11.7. The van der Waals surface area contributed by atoms with E-state index in [1.165, 1.54) is 0 Å². The summed E-state index contributed by atoms with van der Waals surface area (Å²) in [5.41, 5.74) is 0.261. The number of hydrogen-bond acceptors (Lipinski definition) is 4. The molecule has 0 fully saturated rings. The molecule has 1 aromatic rings. The van der Waals surface area contributed by atoms with Crippen molar-refractivity contribution in [2.24, 2.45) is 0 Å². The lowest BCUT2D eigenvalue weighted by Gasteiger charge is -2.23. The van der Waals surface area contributed by atoms with Gasteiger partial charge in [-0.05, 0) is 38.5 Å². The number of rotatable bonds is 4. The van der Waals surface area contributed by atoms with Gasteiger partial charge in [-0.3, -0.25) is 4.98 Å². The number of aromatic nitrogens is 1. The quantitative estimate of drug-likeness (QED) is 0.832. The zero-order chi connectivity index (χ0) is 13.6. The summed E-state index contributed by atoms with van der Waals surface area (Å²) in [6.45, 7) is 5.36. The Hall–Kier alpha value is -1.91. The highest BCUT2D eigenvalue weighted by atomic mass is 16.6. The largest absolute Gasteiger partial charge is 0.444 e. The fraction of sp³-hybridized carbons (Fsp3) is 0.462. The van der Waals surface area contributed by atoms with E-state index in [0.717, 1.165) is 11.8 Å². The molecule has 0 bridgehead atoms. The Bertz CT molecular complexity index is 398. The molecule has 0 spiro atoms. The van der Waals surface area contributed by atoms with Crippen LogP contribution in [0.5, 0.6) is 0 Å². The molecule has 1 aromatic heterocycles. The van der Waals surface area contributed by atoms with Crippen LogP contribution in [-0.2, 0) is 9.53 Å². The molecule has 18 heavy (non-hydrogen) atoms. The van der Waals surface area contributed by atoms with Crippen molar-refractivity contribution in [3.63, 3.8) is 0 Å². The molecule has 0 aliphatic heterocycles. The zero-order valence-electron chi connectivity index (χ0n) is 10.8. The Labute approximate surface area is 107 Å². The minimum Gasteiger partial charge on any atom is -0.444 e. The highest BCUT2D eigenvalue weighted by molar-refractivity contribution is 5.69. The smallest absolute Gasteiger partial charge is 0.408 e. The highest BCUT2D eigenvalue weighted by Gasteiger charge is 2.20. The number of alkyl carbamates (subject to hydrolysis) is 1. The summed E-state index contributed by atoms with van der Waals surface area (Å²) in [4.78, 5) is 26.2. The van der Waals surface area contributed by atoms with Crippen molar-refractivity contribution in [2.45, 2.75) is 38.8 Å². The van der Waals surface area contributed by atoms with Crippen molar-refractivity contribution in [3.8, 4) is 0 Å². The molecule has 5 heteroatoms. The van der Waals surface area contributed by atoms with Crippen LogP contribution in [0.3, 0.4) is 0 Å². The molecule has 1 N–H and O–H groups in total. The maximum Gasteiger partial charge on any atom is 0.408 e. The molecular formula is C13H18N2O3. The second-order valence-electron chi connectivity index (χ2n) is 4.88. The van der Waals surface area contributed by atoms with Crippen molar-refractivity contribution < 1.29 is 14.3 Å². The fourth-order valence-corrected chi connectivity index (χ4v) is 1.42. The molecule has 0 aromatic carbocycles. The molecule has 1 amide bonds.